The summed E-state index contributed by atoms with van der Waals surface area (Å²) < 4.78 is 5.71. The maximum atomic E-state index is 5.71. The van der Waals surface area contributed by atoms with Gasteiger partial charge >= 0.3 is 0 Å². The third-order valence-corrected chi connectivity index (χ3v) is 2.43. The van der Waals surface area contributed by atoms with Crippen molar-refractivity contribution in [1.82, 2.24) is 0 Å². The Morgan fingerprint density at radius 3 is 2.54 bits per heavy atom. The van der Waals surface area contributed by atoms with Gasteiger partial charge < -0.3 is 4.42 Å². The lowest BCUT2D eigenvalue weighted by Crippen LogP contribution is -1.84. The number of furan rings is 1. The number of hydrogen-bond acceptors (Lipinski definition) is 1. The molecule has 0 amide bonds. The molecule has 0 spiro atoms. The molecule has 1 nitrogen and oxygen atoms in total. The van der Waals surface area contributed by atoms with E-state index in [4.69, 9.17) is 4.42 Å². The molecule has 0 aliphatic rings. The number of rotatable bonds is 5. The molecule has 13 heavy (non-hydrogen) atoms. The highest BCUT2D eigenvalue weighted by Gasteiger charge is 2.05. The van der Waals surface area contributed by atoms with Crippen LogP contribution in [0.2, 0.25) is 0 Å². The SMILES string of the molecule is CCCCCc1oc(CC)cc1C. The molecule has 0 unspecified atom stereocenters. The van der Waals surface area contributed by atoms with Crippen LogP contribution in [0.3, 0.4) is 0 Å². The zero-order valence-corrected chi connectivity index (χ0v) is 9.02. The van der Waals surface area contributed by atoms with E-state index in [0.717, 1.165) is 18.6 Å². The Labute approximate surface area is 81.1 Å². The minimum absolute atomic E-state index is 1.01. The van der Waals surface area contributed by atoms with Crippen molar-refractivity contribution in [2.24, 2.45) is 0 Å². The van der Waals surface area contributed by atoms with Gasteiger partial charge in [-0.1, -0.05) is 26.7 Å². The van der Waals surface area contributed by atoms with Crippen molar-refractivity contribution in [3.05, 3.63) is 23.2 Å². The largest absolute Gasteiger partial charge is 0.466 e. The molecular formula is C12H20O. The number of unbranched alkanes of at least 4 members (excludes halogenated alkanes) is 2. The molecule has 0 atom stereocenters. The first-order valence-electron chi connectivity index (χ1n) is 5.36. The van der Waals surface area contributed by atoms with Crippen molar-refractivity contribution >= 4 is 0 Å². The van der Waals surface area contributed by atoms with Gasteiger partial charge in [-0.15, -0.1) is 0 Å². The summed E-state index contributed by atoms with van der Waals surface area (Å²) in [6.07, 6.45) is 5.96. The summed E-state index contributed by atoms with van der Waals surface area (Å²) in [4.78, 5) is 0. The van der Waals surface area contributed by atoms with Gasteiger partial charge in [-0.25, -0.2) is 0 Å². The smallest absolute Gasteiger partial charge is 0.107 e. The second kappa shape index (κ2) is 5.11. The Balaban J connectivity index is 2.50. The normalized spacial score (nSPS) is 10.7. The van der Waals surface area contributed by atoms with E-state index in [-0.39, 0.29) is 0 Å². The lowest BCUT2D eigenvalue weighted by atomic mass is 10.1. The van der Waals surface area contributed by atoms with E-state index in [0.29, 0.717) is 0 Å². The van der Waals surface area contributed by atoms with Crippen LogP contribution in [0.4, 0.5) is 0 Å². The predicted octanol–water partition coefficient (Wildman–Crippen LogP) is 3.88. The molecular weight excluding hydrogens is 160 g/mol. The topological polar surface area (TPSA) is 13.1 Å². The Kier molecular flexibility index (Phi) is 4.07. The summed E-state index contributed by atoms with van der Waals surface area (Å²) >= 11 is 0. The molecule has 0 N–H and O–H groups in total. The molecule has 0 radical (unpaired) electrons. The zero-order chi connectivity index (χ0) is 9.68. The van der Waals surface area contributed by atoms with Gasteiger partial charge in [-0.3, -0.25) is 0 Å². The van der Waals surface area contributed by atoms with Crippen molar-refractivity contribution in [2.75, 3.05) is 0 Å². The molecule has 1 aromatic heterocycles. The fourth-order valence-electron chi connectivity index (χ4n) is 1.55. The molecule has 0 saturated heterocycles. The highest BCUT2D eigenvalue weighted by Crippen LogP contribution is 2.17. The average molecular weight is 180 g/mol. The molecule has 74 valence electrons. The quantitative estimate of drug-likeness (QED) is 0.627. The molecule has 0 saturated carbocycles. The molecule has 0 fully saturated rings. The molecule has 1 heterocycles. The summed E-state index contributed by atoms with van der Waals surface area (Å²) in [7, 11) is 0. The second-order valence-electron chi connectivity index (χ2n) is 3.63. The van der Waals surface area contributed by atoms with Crippen molar-refractivity contribution < 1.29 is 4.42 Å². The van der Waals surface area contributed by atoms with Gasteiger partial charge in [0.25, 0.3) is 0 Å². The molecule has 1 heteroatoms. The summed E-state index contributed by atoms with van der Waals surface area (Å²) in [5.74, 6) is 2.33. The summed E-state index contributed by atoms with van der Waals surface area (Å²) in [5.41, 5.74) is 1.33. The van der Waals surface area contributed by atoms with Gasteiger partial charge in [0, 0.05) is 12.8 Å². The van der Waals surface area contributed by atoms with Gasteiger partial charge in [0.15, 0.2) is 0 Å². The molecule has 0 bridgehead atoms. The van der Waals surface area contributed by atoms with Gasteiger partial charge in [0.05, 0.1) is 0 Å². The predicted molar refractivity (Wildman–Crippen MR) is 56.1 cm³/mol. The highest BCUT2D eigenvalue weighted by atomic mass is 16.3. The first-order valence-corrected chi connectivity index (χ1v) is 5.36. The van der Waals surface area contributed by atoms with Gasteiger partial charge in [0.2, 0.25) is 0 Å². The van der Waals surface area contributed by atoms with Crippen LogP contribution in [0.15, 0.2) is 10.5 Å². The van der Waals surface area contributed by atoms with Crippen molar-refractivity contribution in [1.29, 1.82) is 0 Å². The van der Waals surface area contributed by atoms with E-state index >= 15 is 0 Å². The molecule has 0 aliphatic heterocycles. The van der Waals surface area contributed by atoms with E-state index in [9.17, 15) is 0 Å². The van der Waals surface area contributed by atoms with E-state index in [1.165, 1.54) is 30.6 Å². The zero-order valence-electron chi connectivity index (χ0n) is 9.02. The number of hydrogen-bond donors (Lipinski definition) is 0. The fourth-order valence-corrected chi connectivity index (χ4v) is 1.55. The van der Waals surface area contributed by atoms with Gasteiger partial charge in [-0.05, 0) is 25.0 Å². The molecule has 1 aromatic rings. The monoisotopic (exact) mass is 180 g/mol. The first-order chi connectivity index (χ1) is 6.27. The van der Waals surface area contributed by atoms with Crippen LogP contribution in [-0.4, -0.2) is 0 Å². The minimum atomic E-state index is 1.01. The van der Waals surface area contributed by atoms with Crippen molar-refractivity contribution in [3.63, 3.8) is 0 Å². The maximum Gasteiger partial charge on any atom is 0.107 e. The van der Waals surface area contributed by atoms with Crippen LogP contribution in [-0.2, 0) is 12.8 Å². The Morgan fingerprint density at radius 2 is 2.00 bits per heavy atom. The molecule has 0 aliphatic carbocycles. The van der Waals surface area contributed by atoms with Crippen LogP contribution in [0.25, 0.3) is 0 Å². The molecule has 0 aromatic carbocycles. The Morgan fingerprint density at radius 1 is 1.23 bits per heavy atom. The van der Waals surface area contributed by atoms with Crippen LogP contribution >= 0.6 is 0 Å². The number of aryl methyl sites for hydroxylation is 3. The van der Waals surface area contributed by atoms with Crippen molar-refractivity contribution in [2.45, 2.75) is 52.9 Å². The third-order valence-electron chi connectivity index (χ3n) is 2.43. The van der Waals surface area contributed by atoms with Crippen LogP contribution in [0.5, 0.6) is 0 Å². The van der Waals surface area contributed by atoms with E-state index in [1.54, 1.807) is 0 Å². The fraction of sp³-hybridized carbons (Fsp3) is 0.667. The van der Waals surface area contributed by atoms with Crippen LogP contribution in [0, 0.1) is 6.92 Å². The standard InChI is InChI=1S/C12H20O/c1-4-6-7-8-12-10(3)9-11(5-2)13-12/h9H,4-8H2,1-3H3. The van der Waals surface area contributed by atoms with E-state index in [2.05, 4.69) is 26.8 Å². The minimum Gasteiger partial charge on any atom is -0.466 e. The summed E-state index contributed by atoms with van der Waals surface area (Å²) in [6.45, 7) is 6.50. The lowest BCUT2D eigenvalue weighted by Gasteiger charge is -1.97. The van der Waals surface area contributed by atoms with Crippen LogP contribution in [0.1, 0.15) is 50.2 Å². The Hall–Kier alpha value is -0.720. The maximum absolute atomic E-state index is 5.71. The van der Waals surface area contributed by atoms with Gasteiger partial charge in [-0.2, -0.15) is 0 Å². The summed E-state index contributed by atoms with van der Waals surface area (Å²) in [5, 5.41) is 0. The highest BCUT2D eigenvalue weighted by molar-refractivity contribution is 5.20. The first kappa shape index (κ1) is 10.4. The van der Waals surface area contributed by atoms with Crippen molar-refractivity contribution in [3.8, 4) is 0 Å². The van der Waals surface area contributed by atoms with Crippen LogP contribution < -0.4 is 0 Å². The Bertz CT molecular complexity index is 248. The second-order valence-corrected chi connectivity index (χ2v) is 3.63. The van der Waals surface area contributed by atoms with Gasteiger partial charge in [0.1, 0.15) is 11.5 Å². The summed E-state index contributed by atoms with van der Waals surface area (Å²) in [6, 6.07) is 2.17. The van der Waals surface area contributed by atoms with E-state index in [1.807, 2.05) is 0 Å². The lowest BCUT2D eigenvalue weighted by molar-refractivity contribution is 0.459. The van der Waals surface area contributed by atoms with E-state index < -0.39 is 0 Å². The molecule has 1 rings (SSSR count). The average Bonchev–Trinajstić information content (AvgIpc) is 2.48. The third kappa shape index (κ3) is 2.91.